The normalized spacial score (nSPS) is 15.3. The first-order chi connectivity index (χ1) is 12.0. The van der Waals surface area contributed by atoms with E-state index in [0.29, 0.717) is 50.6 Å². The van der Waals surface area contributed by atoms with Gasteiger partial charge < -0.3 is 20.7 Å². The highest BCUT2D eigenvalue weighted by Crippen LogP contribution is 2.13. The Balaban J connectivity index is 0.00000338. The lowest BCUT2D eigenvalue weighted by Crippen LogP contribution is -2.55. The number of hydrogen-bond donors (Lipinski definition) is 2. The van der Waals surface area contributed by atoms with Crippen molar-refractivity contribution in [3.05, 3.63) is 29.8 Å². The molecule has 1 aliphatic heterocycles. The Morgan fingerprint density at radius 3 is 2.48 bits per heavy atom. The average Bonchev–Trinajstić information content (AvgIpc) is 2.64. The second-order valence-corrected chi connectivity index (χ2v) is 6.27. The summed E-state index contributed by atoms with van der Waals surface area (Å²) >= 11 is 0. The van der Waals surface area contributed by atoms with Crippen molar-refractivity contribution in [3.8, 4) is 0 Å². The summed E-state index contributed by atoms with van der Waals surface area (Å²) in [7, 11) is 1.65. The molecular weight excluding hydrogens is 391 g/mol. The average molecular weight is 421 g/mol. The third kappa shape index (κ3) is 7.54. The second-order valence-electron chi connectivity index (χ2n) is 6.27. The van der Waals surface area contributed by atoms with Crippen LogP contribution in [0.15, 0.2) is 24.3 Å². The zero-order chi connectivity index (χ0) is 18.2. The molecule has 0 aromatic heterocycles. The van der Waals surface area contributed by atoms with Gasteiger partial charge in [0.25, 0.3) is 5.91 Å². The summed E-state index contributed by atoms with van der Waals surface area (Å²) in [5.74, 6) is 0.00957. The van der Waals surface area contributed by atoms with Gasteiger partial charge in [-0.2, -0.15) is 0 Å². The Morgan fingerprint density at radius 1 is 1.22 bits per heavy atom. The quantitative estimate of drug-likeness (QED) is 0.514. The van der Waals surface area contributed by atoms with Crippen LogP contribution >= 0.6 is 24.8 Å². The fourth-order valence-electron chi connectivity index (χ4n) is 2.91. The maximum absolute atomic E-state index is 12.5. The zero-order valence-electron chi connectivity index (χ0n) is 15.8. The van der Waals surface area contributed by atoms with Crippen LogP contribution in [0.2, 0.25) is 0 Å². The highest BCUT2D eigenvalue weighted by Gasteiger charge is 2.27. The van der Waals surface area contributed by atoms with Crippen LogP contribution in [0.5, 0.6) is 0 Å². The van der Waals surface area contributed by atoms with Crippen LogP contribution in [0, 0.1) is 0 Å². The molecule has 2 rings (SSSR count). The number of nitrogens with two attached hydrogens (primary N) is 1. The summed E-state index contributed by atoms with van der Waals surface area (Å²) < 4.78 is 4.97. The van der Waals surface area contributed by atoms with E-state index in [4.69, 9.17) is 10.5 Å². The second kappa shape index (κ2) is 12.8. The molecule has 0 spiro atoms. The molecule has 27 heavy (non-hydrogen) atoms. The number of nitrogens with zero attached hydrogens (tertiary/aromatic N) is 2. The Morgan fingerprint density at radius 2 is 1.89 bits per heavy atom. The molecule has 1 unspecified atom stereocenters. The van der Waals surface area contributed by atoms with Gasteiger partial charge in [-0.05, 0) is 31.5 Å². The van der Waals surface area contributed by atoms with Gasteiger partial charge in [0.2, 0.25) is 5.91 Å². The summed E-state index contributed by atoms with van der Waals surface area (Å²) in [6.07, 6.45) is 0.803. The minimum Gasteiger partial charge on any atom is -0.399 e. The van der Waals surface area contributed by atoms with Gasteiger partial charge in [0.05, 0.1) is 6.04 Å². The Bertz CT molecular complexity index is 596. The number of carbonyl (C=O) groups excluding carboxylic acids is 2. The van der Waals surface area contributed by atoms with E-state index in [0.717, 1.165) is 6.42 Å². The molecule has 1 aliphatic rings. The molecule has 0 radical (unpaired) electrons. The fourth-order valence-corrected chi connectivity index (χ4v) is 2.91. The molecule has 1 aromatic carbocycles. The van der Waals surface area contributed by atoms with Crippen molar-refractivity contribution < 1.29 is 14.3 Å². The van der Waals surface area contributed by atoms with Gasteiger partial charge in [0.1, 0.15) is 0 Å². The molecule has 9 heteroatoms. The van der Waals surface area contributed by atoms with Gasteiger partial charge >= 0.3 is 0 Å². The number of hydrogen-bond acceptors (Lipinski definition) is 5. The molecule has 3 N–H and O–H groups in total. The number of methoxy groups -OCH3 is 1. The van der Waals surface area contributed by atoms with Crippen molar-refractivity contribution in [2.45, 2.75) is 19.4 Å². The highest BCUT2D eigenvalue weighted by atomic mass is 35.5. The van der Waals surface area contributed by atoms with E-state index in [2.05, 4.69) is 10.2 Å². The van der Waals surface area contributed by atoms with Gasteiger partial charge in [-0.15, -0.1) is 24.8 Å². The first-order valence-corrected chi connectivity index (χ1v) is 8.68. The molecule has 1 saturated heterocycles. The minimum atomic E-state index is -0.202. The Kier molecular flexibility index (Phi) is 12.0. The highest BCUT2D eigenvalue weighted by molar-refractivity contribution is 5.95. The number of anilines is 1. The largest absolute Gasteiger partial charge is 0.399 e. The smallest absolute Gasteiger partial charge is 0.254 e. The number of benzene rings is 1. The van der Waals surface area contributed by atoms with E-state index in [9.17, 15) is 9.59 Å². The number of amides is 2. The molecule has 0 bridgehead atoms. The first-order valence-electron chi connectivity index (χ1n) is 8.68. The molecule has 1 aromatic rings. The standard InChI is InChI=1S/C18H28N4O3.2ClH/c1-14(17(23)20-7-4-12-25-2)21-8-10-22(11-9-21)18(24)15-5-3-6-16(19)13-15;;/h3,5-6,13-14H,4,7-12,19H2,1-2H3,(H,20,23);2*1H. The van der Waals surface area contributed by atoms with Crippen LogP contribution in [0.3, 0.4) is 0 Å². The van der Waals surface area contributed by atoms with E-state index >= 15 is 0 Å². The minimum absolute atomic E-state index is 0. The number of ether oxygens (including phenoxy) is 1. The molecule has 7 nitrogen and oxygen atoms in total. The van der Waals surface area contributed by atoms with Crippen molar-refractivity contribution in [2.24, 2.45) is 0 Å². The topological polar surface area (TPSA) is 87.9 Å². The molecular formula is C18H30Cl2N4O3. The lowest BCUT2D eigenvalue weighted by Gasteiger charge is -2.37. The lowest BCUT2D eigenvalue weighted by atomic mass is 10.1. The first kappa shape index (κ1) is 25.5. The summed E-state index contributed by atoms with van der Waals surface area (Å²) in [6.45, 7) is 5.73. The fraction of sp³-hybridized carbons (Fsp3) is 0.556. The third-order valence-electron chi connectivity index (χ3n) is 4.49. The maximum atomic E-state index is 12.5. The Hall–Kier alpha value is -1.54. The molecule has 154 valence electrons. The van der Waals surface area contributed by atoms with E-state index in [-0.39, 0.29) is 42.7 Å². The molecule has 0 aliphatic carbocycles. The molecule has 0 saturated carbocycles. The van der Waals surface area contributed by atoms with Gasteiger partial charge in [-0.1, -0.05) is 6.07 Å². The van der Waals surface area contributed by atoms with Crippen molar-refractivity contribution in [2.75, 3.05) is 52.2 Å². The summed E-state index contributed by atoms with van der Waals surface area (Å²) in [4.78, 5) is 28.6. The van der Waals surface area contributed by atoms with E-state index in [1.54, 1.807) is 31.4 Å². The summed E-state index contributed by atoms with van der Waals surface area (Å²) in [5.41, 5.74) is 6.94. The van der Waals surface area contributed by atoms with Crippen molar-refractivity contribution in [3.63, 3.8) is 0 Å². The SMILES string of the molecule is COCCCNC(=O)C(C)N1CCN(C(=O)c2cccc(N)c2)CC1.Cl.Cl. The van der Waals surface area contributed by atoms with Gasteiger partial charge in [-0.3, -0.25) is 14.5 Å². The van der Waals surface area contributed by atoms with Crippen molar-refractivity contribution in [1.29, 1.82) is 0 Å². The number of halogens is 2. The lowest BCUT2D eigenvalue weighted by molar-refractivity contribution is -0.126. The predicted molar refractivity (Wildman–Crippen MR) is 112 cm³/mol. The van der Waals surface area contributed by atoms with Gasteiger partial charge in [-0.25, -0.2) is 0 Å². The molecule has 1 heterocycles. The van der Waals surface area contributed by atoms with Gasteiger partial charge in [0.15, 0.2) is 0 Å². The van der Waals surface area contributed by atoms with Crippen LogP contribution < -0.4 is 11.1 Å². The summed E-state index contributed by atoms with van der Waals surface area (Å²) in [5, 5.41) is 2.93. The number of nitrogen functional groups attached to an aromatic ring is 1. The number of carbonyl (C=O) groups is 2. The third-order valence-corrected chi connectivity index (χ3v) is 4.49. The van der Waals surface area contributed by atoms with Crippen molar-refractivity contribution >= 4 is 42.3 Å². The molecule has 2 amide bonds. The van der Waals surface area contributed by atoms with Crippen LogP contribution in [-0.4, -0.2) is 74.1 Å². The maximum Gasteiger partial charge on any atom is 0.254 e. The number of piperazine rings is 1. The van der Waals surface area contributed by atoms with E-state index in [1.165, 1.54) is 0 Å². The van der Waals surface area contributed by atoms with E-state index < -0.39 is 0 Å². The summed E-state index contributed by atoms with van der Waals surface area (Å²) in [6, 6.07) is 6.83. The van der Waals surface area contributed by atoms with Crippen molar-refractivity contribution in [1.82, 2.24) is 15.1 Å². The number of rotatable bonds is 7. The van der Waals surface area contributed by atoms with Crippen LogP contribution in [0.4, 0.5) is 5.69 Å². The van der Waals surface area contributed by atoms with Crippen LogP contribution in [0.1, 0.15) is 23.7 Å². The van der Waals surface area contributed by atoms with E-state index in [1.807, 2.05) is 11.8 Å². The monoisotopic (exact) mass is 420 g/mol. The zero-order valence-corrected chi connectivity index (χ0v) is 17.5. The van der Waals surface area contributed by atoms with Crippen LogP contribution in [0.25, 0.3) is 0 Å². The Labute approximate surface area is 173 Å². The molecule has 1 fully saturated rings. The van der Waals surface area contributed by atoms with Crippen LogP contribution in [-0.2, 0) is 9.53 Å². The van der Waals surface area contributed by atoms with Gasteiger partial charge in [0, 0.05) is 57.7 Å². The molecule has 1 atom stereocenters. The number of nitrogens with one attached hydrogen (secondary N) is 1. The predicted octanol–water partition coefficient (Wildman–Crippen LogP) is 1.41.